The zero-order chi connectivity index (χ0) is 17.7. The van der Waals surface area contributed by atoms with Crippen LogP contribution in [0.5, 0.6) is 5.75 Å². The van der Waals surface area contributed by atoms with Crippen molar-refractivity contribution in [2.24, 2.45) is 0 Å². The Morgan fingerprint density at radius 2 is 1.88 bits per heavy atom. The van der Waals surface area contributed by atoms with Crippen molar-refractivity contribution in [2.45, 2.75) is 12.9 Å². The van der Waals surface area contributed by atoms with Crippen LogP contribution in [0.1, 0.15) is 5.56 Å². The summed E-state index contributed by atoms with van der Waals surface area (Å²) in [5.74, 6) is -1.05. The lowest BCUT2D eigenvalue weighted by atomic mass is 10.2. The molecule has 128 valence electrons. The van der Waals surface area contributed by atoms with Gasteiger partial charge in [0.15, 0.2) is 0 Å². The number of halogens is 5. The van der Waals surface area contributed by atoms with E-state index in [1.807, 2.05) is 0 Å². The van der Waals surface area contributed by atoms with E-state index in [2.05, 4.69) is 15.4 Å². The normalized spacial score (nSPS) is 11.0. The van der Waals surface area contributed by atoms with Gasteiger partial charge in [0.25, 0.3) is 0 Å². The summed E-state index contributed by atoms with van der Waals surface area (Å²) in [5, 5.41) is 4.59. The van der Waals surface area contributed by atoms with Crippen molar-refractivity contribution in [1.82, 2.24) is 5.32 Å². The average molecular weight is 363 g/mol. The first kappa shape index (κ1) is 17.9. The molecule has 0 heterocycles. The van der Waals surface area contributed by atoms with E-state index in [0.717, 1.165) is 12.1 Å². The van der Waals surface area contributed by atoms with Crippen LogP contribution in [0.2, 0.25) is 5.02 Å². The van der Waals surface area contributed by atoms with Crippen molar-refractivity contribution in [3.63, 3.8) is 0 Å². The number of hydrogen-bond acceptors (Lipinski definition) is 2. The Morgan fingerprint density at radius 1 is 1.17 bits per heavy atom. The van der Waals surface area contributed by atoms with Crippen molar-refractivity contribution in [2.75, 3.05) is 5.32 Å². The van der Waals surface area contributed by atoms with E-state index in [0.29, 0.717) is 0 Å². The molecule has 4 nitrogen and oxygen atoms in total. The summed E-state index contributed by atoms with van der Waals surface area (Å²) in [5.41, 5.74) is 0.376. The van der Waals surface area contributed by atoms with Gasteiger partial charge in [-0.05, 0) is 24.3 Å². The molecule has 0 unspecified atom stereocenters. The Morgan fingerprint density at radius 3 is 2.54 bits per heavy atom. The second-order valence-electron chi connectivity index (χ2n) is 4.59. The second kappa shape index (κ2) is 7.39. The van der Waals surface area contributed by atoms with Crippen LogP contribution in [0.4, 0.5) is 28.0 Å². The monoisotopic (exact) mass is 362 g/mol. The second-order valence-corrected chi connectivity index (χ2v) is 5.00. The van der Waals surface area contributed by atoms with E-state index >= 15 is 0 Å². The number of benzene rings is 2. The molecule has 0 saturated carbocycles. The predicted molar refractivity (Wildman–Crippen MR) is 80.4 cm³/mol. The van der Waals surface area contributed by atoms with Crippen molar-refractivity contribution < 1.29 is 27.1 Å². The van der Waals surface area contributed by atoms with Crippen LogP contribution in [0.25, 0.3) is 0 Å². The van der Waals surface area contributed by atoms with Crippen LogP contribution in [0.3, 0.4) is 0 Å². The minimum Gasteiger partial charge on any atom is -0.405 e. The third kappa shape index (κ3) is 5.31. The number of para-hydroxylation sites is 1. The van der Waals surface area contributed by atoms with Crippen LogP contribution in [0.15, 0.2) is 42.5 Å². The summed E-state index contributed by atoms with van der Waals surface area (Å²) in [7, 11) is 0. The number of amides is 2. The van der Waals surface area contributed by atoms with Crippen molar-refractivity contribution >= 4 is 23.3 Å². The first-order chi connectivity index (χ1) is 11.2. The van der Waals surface area contributed by atoms with Gasteiger partial charge in [-0.2, -0.15) is 0 Å². The summed E-state index contributed by atoms with van der Waals surface area (Å²) in [6.45, 7) is -0.201. The zero-order valence-corrected chi connectivity index (χ0v) is 12.7. The van der Waals surface area contributed by atoms with Gasteiger partial charge in [0.2, 0.25) is 0 Å². The van der Waals surface area contributed by atoms with Crippen molar-refractivity contribution in [1.29, 1.82) is 0 Å². The average Bonchev–Trinajstić information content (AvgIpc) is 2.48. The smallest absolute Gasteiger partial charge is 0.405 e. The quantitative estimate of drug-likeness (QED) is 0.775. The first-order valence-corrected chi connectivity index (χ1v) is 6.96. The summed E-state index contributed by atoms with van der Waals surface area (Å²) in [6.07, 6.45) is -4.83. The Hall–Kier alpha value is -2.48. The van der Waals surface area contributed by atoms with Crippen LogP contribution in [0, 0.1) is 5.82 Å². The third-order valence-corrected chi connectivity index (χ3v) is 3.10. The molecule has 0 aliphatic heterocycles. The molecule has 2 amide bonds. The van der Waals surface area contributed by atoms with Gasteiger partial charge in [0, 0.05) is 17.8 Å². The number of nitrogens with one attached hydrogen (secondary N) is 2. The molecule has 0 aliphatic rings. The third-order valence-electron chi connectivity index (χ3n) is 2.82. The van der Waals surface area contributed by atoms with Gasteiger partial charge in [-0.1, -0.05) is 29.8 Å². The zero-order valence-electron chi connectivity index (χ0n) is 12.0. The number of ether oxygens (including phenoxy) is 1. The van der Waals surface area contributed by atoms with Gasteiger partial charge in [-0.15, -0.1) is 13.2 Å². The molecule has 2 aromatic carbocycles. The van der Waals surface area contributed by atoms with E-state index in [-0.39, 0.29) is 22.8 Å². The van der Waals surface area contributed by atoms with Gasteiger partial charge in [0.1, 0.15) is 11.6 Å². The summed E-state index contributed by atoms with van der Waals surface area (Å²) in [6, 6.07) is 8.30. The molecular weight excluding hydrogens is 352 g/mol. The number of rotatable bonds is 4. The fourth-order valence-corrected chi connectivity index (χ4v) is 1.98. The fourth-order valence-electron chi connectivity index (χ4n) is 1.80. The maximum atomic E-state index is 13.0. The molecule has 0 atom stereocenters. The summed E-state index contributed by atoms with van der Waals surface area (Å²) in [4.78, 5) is 11.8. The molecule has 0 spiro atoms. The molecule has 9 heteroatoms. The highest BCUT2D eigenvalue weighted by Gasteiger charge is 2.31. The molecular formula is C15H11ClF4N2O2. The highest BCUT2D eigenvalue weighted by atomic mass is 35.5. The number of carbonyl (C=O) groups excluding carboxylic acids is 1. The van der Waals surface area contributed by atoms with E-state index in [4.69, 9.17) is 11.6 Å². The lowest BCUT2D eigenvalue weighted by Gasteiger charge is -2.14. The number of hydrogen-bond donors (Lipinski definition) is 2. The number of anilines is 1. The lowest BCUT2D eigenvalue weighted by molar-refractivity contribution is -0.274. The molecule has 0 fully saturated rings. The number of alkyl halides is 3. The van der Waals surface area contributed by atoms with Crippen LogP contribution in [-0.2, 0) is 6.54 Å². The van der Waals surface area contributed by atoms with Crippen LogP contribution < -0.4 is 15.4 Å². The Kier molecular flexibility index (Phi) is 5.50. The molecule has 0 bridgehead atoms. The van der Waals surface area contributed by atoms with E-state index < -0.39 is 24.0 Å². The molecule has 0 radical (unpaired) electrons. The first-order valence-electron chi connectivity index (χ1n) is 6.58. The predicted octanol–water partition coefficient (Wildman–Crippen LogP) is 4.70. The minimum absolute atomic E-state index is 0.141. The maximum Gasteiger partial charge on any atom is 0.573 e. The standard InChI is InChI=1S/C15H11ClF4N2O2/c16-11-7-10(5-6-12(11)17)22-14(23)21-8-9-3-1-2-4-13(9)24-15(18,19)20/h1-7H,8H2,(H2,21,22,23). The minimum atomic E-state index is -4.83. The van der Waals surface area contributed by atoms with Gasteiger partial charge < -0.3 is 15.4 Å². The van der Waals surface area contributed by atoms with E-state index in [9.17, 15) is 22.4 Å². The summed E-state index contributed by atoms with van der Waals surface area (Å²) >= 11 is 5.58. The molecule has 2 N–H and O–H groups in total. The Balaban J connectivity index is 1.98. The van der Waals surface area contributed by atoms with E-state index in [1.165, 1.54) is 30.3 Å². The van der Waals surface area contributed by atoms with Crippen LogP contribution in [-0.4, -0.2) is 12.4 Å². The molecule has 0 saturated heterocycles. The molecule has 0 aliphatic carbocycles. The Labute approximate surface area is 139 Å². The topological polar surface area (TPSA) is 50.4 Å². The highest BCUT2D eigenvalue weighted by molar-refractivity contribution is 6.31. The van der Waals surface area contributed by atoms with Gasteiger partial charge in [-0.3, -0.25) is 0 Å². The van der Waals surface area contributed by atoms with Crippen molar-refractivity contribution in [3.8, 4) is 5.75 Å². The van der Waals surface area contributed by atoms with Gasteiger partial charge in [-0.25, -0.2) is 9.18 Å². The SMILES string of the molecule is O=C(NCc1ccccc1OC(F)(F)F)Nc1ccc(F)c(Cl)c1. The number of urea groups is 1. The lowest BCUT2D eigenvalue weighted by Crippen LogP contribution is -2.28. The highest BCUT2D eigenvalue weighted by Crippen LogP contribution is 2.26. The molecule has 2 rings (SSSR count). The summed E-state index contributed by atoms with van der Waals surface area (Å²) < 4.78 is 53.8. The number of carbonyl (C=O) groups is 1. The largest absolute Gasteiger partial charge is 0.573 e. The van der Waals surface area contributed by atoms with Gasteiger partial charge >= 0.3 is 12.4 Å². The fraction of sp³-hybridized carbons (Fsp3) is 0.133. The van der Waals surface area contributed by atoms with Gasteiger partial charge in [0.05, 0.1) is 5.02 Å². The Bertz CT molecular complexity index is 738. The molecule has 24 heavy (non-hydrogen) atoms. The van der Waals surface area contributed by atoms with E-state index in [1.54, 1.807) is 0 Å². The maximum absolute atomic E-state index is 13.0. The van der Waals surface area contributed by atoms with Crippen LogP contribution >= 0.6 is 11.6 Å². The molecule has 0 aromatic heterocycles. The molecule has 2 aromatic rings. The van der Waals surface area contributed by atoms with Crippen molar-refractivity contribution in [3.05, 3.63) is 58.9 Å².